The summed E-state index contributed by atoms with van der Waals surface area (Å²) >= 11 is 0. The molecular formula is C14H12N2O5S. The van der Waals surface area contributed by atoms with E-state index in [1.54, 1.807) is 6.07 Å². The lowest BCUT2D eigenvalue weighted by Gasteiger charge is -2.11. The highest BCUT2D eigenvalue weighted by Gasteiger charge is 2.14. The van der Waals surface area contributed by atoms with Gasteiger partial charge in [-0.3, -0.25) is 13.9 Å². The smallest absolute Gasteiger partial charge is 0.294 e. The van der Waals surface area contributed by atoms with Gasteiger partial charge < -0.3 is 5.11 Å². The largest absolute Gasteiger partial charge is 0.493 e. The van der Waals surface area contributed by atoms with E-state index >= 15 is 0 Å². The summed E-state index contributed by atoms with van der Waals surface area (Å²) in [7, 11) is -4.36. The van der Waals surface area contributed by atoms with Gasteiger partial charge in [0.15, 0.2) is 0 Å². The van der Waals surface area contributed by atoms with Crippen molar-refractivity contribution in [2.45, 2.75) is 18.4 Å². The van der Waals surface area contributed by atoms with Crippen LogP contribution in [0.1, 0.15) is 16.7 Å². The number of benzene rings is 1. The van der Waals surface area contributed by atoms with Crippen molar-refractivity contribution >= 4 is 10.1 Å². The predicted molar refractivity (Wildman–Crippen MR) is 77.2 cm³/mol. The maximum atomic E-state index is 11.9. The fourth-order valence-electron chi connectivity index (χ4n) is 2.03. The van der Waals surface area contributed by atoms with Gasteiger partial charge in [-0.05, 0) is 30.2 Å². The molecule has 7 nitrogen and oxygen atoms in total. The van der Waals surface area contributed by atoms with Crippen molar-refractivity contribution in [1.82, 2.24) is 4.57 Å². The molecule has 22 heavy (non-hydrogen) atoms. The number of rotatable bonds is 3. The first kappa shape index (κ1) is 15.8. The fourth-order valence-corrected chi connectivity index (χ4v) is 2.58. The summed E-state index contributed by atoms with van der Waals surface area (Å²) in [4.78, 5) is 11.6. The second kappa shape index (κ2) is 5.63. The van der Waals surface area contributed by atoms with Crippen molar-refractivity contribution < 1.29 is 18.1 Å². The lowest BCUT2D eigenvalue weighted by atomic mass is 10.1. The molecule has 0 fully saturated rings. The van der Waals surface area contributed by atoms with E-state index in [-0.39, 0.29) is 17.0 Å². The van der Waals surface area contributed by atoms with E-state index in [9.17, 15) is 18.3 Å². The van der Waals surface area contributed by atoms with E-state index in [2.05, 4.69) is 0 Å². The molecule has 0 radical (unpaired) electrons. The molecule has 0 saturated heterocycles. The molecule has 2 aromatic rings. The number of nitrogens with zero attached hydrogens (tertiary/aromatic N) is 2. The molecule has 0 bridgehead atoms. The van der Waals surface area contributed by atoms with Gasteiger partial charge in [-0.1, -0.05) is 12.1 Å². The van der Waals surface area contributed by atoms with Crippen LogP contribution in [-0.2, 0) is 16.7 Å². The molecule has 1 aromatic heterocycles. The Morgan fingerprint density at radius 2 is 2.00 bits per heavy atom. The quantitative estimate of drug-likeness (QED) is 0.815. The van der Waals surface area contributed by atoms with E-state index in [0.29, 0.717) is 11.1 Å². The molecule has 8 heteroatoms. The average Bonchev–Trinajstić information content (AvgIpc) is 2.43. The Morgan fingerprint density at radius 1 is 1.32 bits per heavy atom. The predicted octanol–water partition coefficient (Wildman–Crippen LogP) is 1.03. The SMILES string of the molecule is Cc1cc(=O)n(Cc2cccc(S(=O)(=O)O)c2)c(O)c1C#N. The van der Waals surface area contributed by atoms with Crippen LogP contribution in [0.2, 0.25) is 0 Å². The maximum Gasteiger partial charge on any atom is 0.294 e. The highest BCUT2D eigenvalue weighted by molar-refractivity contribution is 7.85. The summed E-state index contributed by atoms with van der Waals surface area (Å²) in [6.07, 6.45) is 0. The first-order valence-electron chi connectivity index (χ1n) is 6.14. The van der Waals surface area contributed by atoms with E-state index in [4.69, 9.17) is 9.81 Å². The standard InChI is InChI=1S/C14H12N2O5S/c1-9-5-13(17)16(14(18)12(9)7-15)8-10-3-2-4-11(6-10)22(19,20)21/h2-6,18H,8H2,1H3,(H,19,20,21). The number of pyridine rings is 1. The molecule has 0 aliphatic carbocycles. The molecule has 2 rings (SSSR count). The Labute approximate surface area is 126 Å². The third kappa shape index (κ3) is 3.00. The minimum absolute atomic E-state index is 0.0227. The molecule has 0 saturated carbocycles. The lowest BCUT2D eigenvalue weighted by molar-refractivity contribution is 0.412. The van der Waals surface area contributed by atoms with Crippen molar-refractivity contribution in [3.05, 3.63) is 57.4 Å². The van der Waals surface area contributed by atoms with Crippen molar-refractivity contribution in [3.63, 3.8) is 0 Å². The molecule has 0 amide bonds. The number of hydrogen-bond acceptors (Lipinski definition) is 5. The number of aryl methyl sites for hydroxylation is 1. The minimum atomic E-state index is -4.36. The number of aromatic hydroxyl groups is 1. The summed E-state index contributed by atoms with van der Waals surface area (Å²) in [6.45, 7) is 1.39. The van der Waals surface area contributed by atoms with Crippen LogP contribution >= 0.6 is 0 Å². The van der Waals surface area contributed by atoms with Gasteiger partial charge >= 0.3 is 0 Å². The van der Waals surface area contributed by atoms with Crippen LogP contribution in [0.25, 0.3) is 0 Å². The Bertz CT molecular complexity index is 939. The van der Waals surface area contributed by atoms with Crippen LogP contribution < -0.4 is 5.56 Å². The molecule has 1 heterocycles. The van der Waals surface area contributed by atoms with Crippen molar-refractivity contribution in [3.8, 4) is 11.9 Å². The van der Waals surface area contributed by atoms with Crippen LogP contribution in [0.3, 0.4) is 0 Å². The summed E-state index contributed by atoms with van der Waals surface area (Å²) in [6, 6.07) is 8.35. The summed E-state index contributed by atoms with van der Waals surface area (Å²) in [5.41, 5.74) is 0.185. The van der Waals surface area contributed by atoms with Gasteiger partial charge in [0.2, 0.25) is 5.88 Å². The number of aromatic nitrogens is 1. The molecule has 0 aliphatic rings. The number of nitriles is 1. The van der Waals surface area contributed by atoms with Crippen molar-refractivity contribution in [2.75, 3.05) is 0 Å². The highest BCUT2D eigenvalue weighted by atomic mass is 32.2. The molecule has 0 aliphatic heterocycles. The Kier molecular flexibility index (Phi) is 4.03. The molecule has 2 N–H and O–H groups in total. The van der Waals surface area contributed by atoms with Gasteiger partial charge in [0.05, 0.1) is 11.4 Å². The van der Waals surface area contributed by atoms with E-state index < -0.39 is 21.6 Å². The second-order valence-corrected chi connectivity index (χ2v) is 6.11. The van der Waals surface area contributed by atoms with Crippen molar-refractivity contribution in [2.24, 2.45) is 0 Å². The molecule has 0 spiro atoms. The van der Waals surface area contributed by atoms with Gasteiger partial charge in [-0.2, -0.15) is 13.7 Å². The zero-order chi connectivity index (χ0) is 16.5. The van der Waals surface area contributed by atoms with Crippen LogP contribution in [-0.4, -0.2) is 22.6 Å². The van der Waals surface area contributed by atoms with Gasteiger partial charge in [0, 0.05) is 6.07 Å². The van der Waals surface area contributed by atoms with Gasteiger partial charge in [0.1, 0.15) is 11.6 Å². The zero-order valence-electron chi connectivity index (χ0n) is 11.5. The molecule has 0 atom stereocenters. The zero-order valence-corrected chi connectivity index (χ0v) is 12.3. The van der Waals surface area contributed by atoms with E-state index in [0.717, 1.165) is 4.57 Å². The Hall–Kier alpha value is -2.63. The third-order valence-electron chi connectivity index (χ3n) is 3.13. The first-order valence-corrected chi connectivity index (χ1v) is 7.58. The summed E-state index contributed by atoms with van der Waals surface area (Å²) in [5, 5.41) is 19.0. The normalized spacial score (nSPS) is 11.1. The van der Waals surface area contributed by atoms with Crippen LogP contribution in [0.5, 0.6) is 5.88 Å². The fraction of sp³-hybridized carbons (Fsp3) is 0.143. The summed E-state index contributed by atoms with van der Waals surface area (Å²) in [5.74, 6) is -0.482. The van der Waals surface area contributed by atoms with Crippen molar-refractivity contribution in [1.29, 1.82) is 5.26 Å². The third-order valence-corrected chi connectivity index (χ3v) is 3.98. The summed E-state index contributed by atoms with van der Waals surface area (Å²) < 4.78 is 32.2. The van der Waals surface area contributed by atoms with Crippen LogP contribution in [0.4, 0.5) is 0 Å². The molecular weight excluding hydrogens is 308 g/mol. The lowest BCUT2D eigenvalue weighted by Crippen LogP contribution is -2.21. The molecule has 114 valence electrons. The first-order chi connectivity index (χ1) is 10.2. The topological polar surface area (TPSA) is 120 Å². The Balaban J connectivity index is 2.54. The average molecular weight is 320 g/mol. The van der Waals surface area contributed by atoms with Crippen LogP contribution in [0.15, 0.2) is 40.0 Å². The van der Waals surface area contributed by atoms with Gasteiger partial charge in [0.25, 0.3) is 15.7 Å². The molecule has 0 unspecified atom stereocenters. The van der Waals surface area contributed by atoms with E-state index in [1.807, 2.05) is 0 Å². The second-order valence-electron chi connectivity index (χ2n) is 4.68. The monoisotopic (exact) mass is 320 g/mol. The van der Waals surface area contributed by atoms with Crippen LogP contribution in [0, 0.1) is 18.3 Å². The molecule has 1 aromatic carbocycles. The van der Waals surface area contributed by atoms with Gasteiger partial charge in [-0.15, -0.1) is 0 Å². The van der Waals surface area contributed by atoms with Gasteiger partial charge in [-0.25, -0.2) is 0 Å². The number of hydrogen-bond donors (Lipinski definition) is 2. The maximum absolute atomic E-state index is 11.9. The highest BCUT2D eigenvalue weighted by Crippen LogP contribution is 2.19. The van der Waals surface area contributed by atoms with E-state index in [1.165, 1.54) is 37.3 Å². The minimum Gasteiger partial charge on any atom is -0.493 e. The Morgan fingerprint density at radius 3 is 2.59 bits per heavy atom.